The molecule has 0 radical (unpaired) electrons. The predicted molar refractivity (Wildman–Crippen MR) is 95.4 cm³/mol. The number of carboxylic acid groups (broad SMARTS) is 1. The fourth-order valence-electron chi connectivity index (χ4n) is 2.80. The molecule has 0 aromatic heterocycles. The SMILES string of the molecule is CC(N)C(=O)NC(CCC(N)=O)C(=O)NC(CO)C(=O)N1CCCC1C(=O)O. The van der Waals surface area contributed by atoms with Gasteiger partial charge in [0.05, 0.1) is 12.6 Å². The van der Waals surface area contributed by atoms with Gasteiger partial charge in [-0.3, -0.25) is 19.2 Å². The van der Waals surface area contributed by atoms with Gasteiger partial charge in [0.1, 0.15) is 18.1 Å². The van der Waals surface area contributed by atoms with Crippen LogP contribution in [-0.2, 0) is 24.0 Å². The second-order valence-electron chi connectivity index (χ2n) is 6.63. The first-order chi connectivity index (χ1) is 13.1. The Morgan fingerprint density at radius 3 is 2.25 bits per heavy atom. The Hall–Kier alpha value is -2.73. The maximum absolute atomic E-state index is 12.6. The van der Waals surface area contributed by atoms with Crippen LogP contribution in [0.15, 0.2) is 0 Å². The van der Waals surface area contributed by atoms with Crippen molar-refractivity contribution in [1.29, 1.82) is 0 Å². The summed E-state index contributed by atoms with van der Waals surface area (Å²) in [5.74, 6) is -4.08. The molecule has 158 valence electrons. The third-order valence-corrected chi connectivity index (χ3v) is 4.34. The van der Waals surface area contributed by atoms with E-state index in [0.29, 0.717) is 6.42 Å². The lowest BCUT2D eigenvalue weighted by atomic mass is 10.1. The molecule has 1 fully saturated rings. The first-order valence-electron chi connectivity index (χ1n) is 8.87. The number of nitrogens with one attached hydrogen (secondary N) is 2. The Morgan fingerprint density at radius 1 is 1.14 bits per heavy atom. The number of carbonyl (C=O) groups is 5. The highest BCUT2D eigenvalue weighted by molar-refractivity contribution is 5.94. The summed E-state index contributed by atoms with van der Waals surface area (Å²) in [5.41, 5.74) is 10.5. The van der Waals surface area contributed by atoms with E-state index >= 15 is 0 Å². The van der Waals surface area contributed by atoms with Gasteiger partial charge in [-0.2, -0.15) is 0 Å². The number of primary amides is 1. The van der Waals surface area contributed by atoms with Crippen LogP contribution in [0.25, 0.3) is 0 Å². The van der Waals surface area contributed by atoms with Crippen molar-refractivity contribution in [1.82, 2.24) is 15.5 Å². The lowest BCUT2D eigenvalue weighted by Gasteiger charge is -2.27. The van der Waals surface area contributed by atoms with Crippen molar-refractivity contribution >= 4 is 29.6 Å². The molecule has 4 atom stereocenters. The van der Waals surface area contributed by atoms with Gasteiger partial charge in [-0.05, 0) is 26.2 Å². The van der Waals surface area contributed by atoms with E-state index in [2.05, 4.69) is 10.6 Å². The number of amides is 4. The van der Waals surface area contributed by atoms with E-state index in [-0.39, 0.29) is 25.8 Å². The van der Waals surface area contributed by atoms with E-state index in [4.69, 9.17) is 11.5 Å². The van der Waals surface area contributed by atoms with Crippen molar-refractivity contribution in [3.8, 4) is 0 Å². The zero-order chi connectivity index (χ0) is 21.4. The molecule has 1 saturated heterocycles. The molecule has 0 aromatic rings. The number of likely N-dealkylation sites (tertiary alicyclic amines) is 1. The third kappa shape index (κ3) is 6.46. The molecular weight excluding hydrogens is 374 g/mol. The Bertz CT molecular complexity index is 625. The summed E-state index contributed by atoms with van der Waals surface area (Å²) in [7, 11) is 0. The van der Waals surface area contributed by atoms with Crippen LogP contribution in [0.3, 0.4) is 0 Å². The second kappa shape index (κ2) is 10.6. The van der Waals surface area contributed by atoms with E-state index < -0.39 is 60.4 Å². The maximum Gasteiger partial charge on any atom is 0.326 e. The molecule has 0 spiro atoms. The van der Waals surface area contributed by atoms with Crippen LogP contribution >= 0.6 is 0 Å². The molecule has 1 heterocycles. The fraction of sp³-hybridized carbons (Fsp3) is 0.688. The van der Waals surface area contributed by atoms with Crippen molar-refractivity contribution in [2.24, 2.45) is 11.5 Å². The highest BCUT2D eigenvalue weighted by Crippen LogP contribution is 2.18. The number of nitrogens with two attached hydrogens (primary N) is 2. The largest absolute Gasteiger partial charge is 0.480 e. The summed E-state index contributed by atoms with van der Waals surface area (Å²) in [6.45, 7) is 0.823. The van der Waals surface area contributed by atoms with E-state index in [1.807, 2.05) is 0 Å². The number of aliphatic hydroxyl groups is 1. The maximum atomic E-state index is 12.6. The van der Waals surface area contributed by atoms with Crippen LogP contribution in [-0.4, -0.2) is 82.0 Å². The lowest BCUT2D eigenvalue weighted by molar-refractivity contribution is -0.150. The molecule has 8 N–H and O–H groups in total. The quantitative estimate of drug-likeness (QED) is 0.217. The number of nitrogens with zero attached hydrogens (tertiary/aromatic N) is 1. The predicted octanol–water partition coefficient (Wildman–Crippen LogP) is -3.36. The van der Waals surface area contributed by atoms with Crippen molar-refractivity contribution in [3.05, 3.63) is 0 Å². The number of hydrogen-bond acceptors (Lipinski definition) is 7. The van der Waals surface area contributed by atoms with Crippen molar-refractivity contribution in [2.45, 2.75) is 56.8 Å². The van der Waals surface area contributed by atoms with E-state index in [0.717, 1.165) is 4.90 Å². The van der Waals surface area contributed by atoms with Gasteiger partial charge in [-0.1, -0.05) is 0 Å². The molecule has 12 heteroatoms. The highest BCUT2D eigenvalue weighted by Gasteiger charge is 2.38. The first kappa shape index (κ1) is 23.3. The fourth-order valence-corrected chi connectivity index (χ4v) is 2.80. The molecule has 0 bridgehead atoms. The van der Waals surface area contributed by atoms with E-state index in [9.17, 15) is 34.2 Å². The van der Waals surface area contributed by atoms with Gasteiger partial charge in [0.15, 0.2) is 0 Å². The summed E-state index contributed by atoms with van der Waals surface area (Å²) in [4.78, 5) is 60.2. The zero-order valence-electron chi connectivity index (χ0n) is 15.6. The van der Waals surface area contributed by atoms with Crippen molar-refractivity contribution in [2.75, 3.05) is 13.2 Å². The van der Waals surface area contributed by atoms with Gasteiger partial charge < -0.3 is 37.2 Å². The summed E-state index contributed by atoms with van der Waals surface area (Å²) >= 11 is 0. The zero-order valence-corrected chi connectivity index (χ0v) is 15.6. The van der Waals surface area contributed by atoms with Crippen LogP contribution in [0.1, 0.15) is 32.6 Å². The van der Waals surface area contributed by atoms with Crippen LogP contribution in [0.5, 0.6) is 0 Å². The average Bonchev–Trinajstić information content (AvgIpc) is 3.11. The molecule has 1 rings (SSSR count). The number of rotatable bonds is 10. The molecule has 28 heavy (non-hydrogen) atoms. The summed E-state index contributed by atoms with van der Waals surface area (Å²) in [6.07, 6.45) is 0.426. The molecule has 4 unspecified atom stereocenters. The first-order valence-corrected chi connectivity index (χ1v) is 8.87. The van der Waals surface area contributed by atoms with E-state index in [1.54, 1.807) is 0 Å². The van der Waals surface area contributed by atoms with Crippen LogP contribution < -0.4 is 22.1 Å². The Morgan fingerprint density at radius 2 is 1.75 bits per heavy atom. The molecule has 0 aliphatic carbocycles. The van der Waals surface area contributed by atoms with Gasteiger partial charge >= 0.3 is 5.97 Å². The minimum atomic E-state index is -1.39. The van der Waals surface area contributed by atoms with Gasteiger partial charge in [-0.15, -0.1) is 0 Å². The average molecular weight is 401 g/mol. The van der Waals surface area contributed by atoms with Crippen LogP contribution in [0.4, 0.5) is 0 Å². The van der Waals surface area contributed by atoms with Gasteiger partial charge in [-0.25, -0.2) is 4.79 Å². The topological polar surface area (TPSA) is 205 Å². The second-order valence-corrected chi connectivity index (χ2v) is 6.63. The highest BCUT2D eigenvalue weighted by atomic mass is 16.4. The molecule has 0 aromatic carbocycles. The third-order valence-electron chi connectivity index (χ3n) is 4.34. The minimum absolute atomic E-state index is 0.132. The lowest BCUT2D eigenvalue weighted by Crippen LogP contribution is -2.58. The Labute approximate surface area is 161 Å². The standard InChI is InChI=1S/C16H27N5O7/c1-8(17)13(24)19-9(4-5-12(18)23)14(25)20-10(7-22)15(26)21-6-2-3-11(21)16(27)28/h8-11,22H,2-7,17H2,1H3,(H2,18,23)(H,19,24)(H,20,25)(H,27,28). The molecule has 0 saturated carbocycles. The van der Waals surface area contributed by atoms with Crippen LogP contribution in [0, 0.1) is 0 Å². The molecule has 4 amide bonds. The van der Waals surface area contributed by atoms with Gasteiger partial charge in [0.25, 0.3) is 0 Å². The Balaban J connectivity index is 2.86. The summed E-state index contributed by atoms with van der Waals surface area (Å²) in [5, 5.41) is 23.3. The minimum Gasteiger partial charge on any atom is -0.480 e. The monoisotopic (exact) mass is 401 g/mol. The number of hydrogen-bond donors (Lipinski definition) is 6. The van der Waals surface area contributed by atoms with Crippen molar-refractivity contribution in [3.63, 3.8) is 0 Å². The van der Waals surface area contributed by atoms with Gasteiger partial charge in [0.2, 0.25) is 23.6 Å². The molecule has 1 aliphatic heterocycles. The smallest absolute Gasteiger partial charge is 0.326 e. The Kier molecular flexibility index (Phi) is 8.79. The van der Waals surface area contributed by atoms with Crippen molar-refractivity contribution < 1.29 is 34.2 Å². The summed E-state index contributed by atoms with van der Waals surface area (Å²) < 4.78 is 0. The van der Waals surface area contributed by atoms with Crippen LogP contribution in [0.2, 0.25) is 0 Å². The number of carboxylic acids is 1. The molecule has 1 aliphatic rings. The summed E-state index contributed by atoms with van der Waals surface area (Å²) in [6, 6.07) is -4.54. The number of carbonyl (C=O) groups excluding carboxylic acids is 4. The number of aliphatic hydroxyl groups excluding tert-OH is 1. The van der Waals surface area contributed by atoms with E-state index in [1.165, 1.54) is 6.92 Å². The molecular formula is C16H27N5O7. The normalized spacial score (nSPS) is 19.4. The van der Waals surface area contributed by atoms with Gasteiger partial charge in [0, 0.05) is 13.0 Å². The molecule has 12 nitrogen and oxygen atoms in total. The number of aliphatic carboxylic acids is 1.